The Balaban J connectivity index is 2.10. The second-order valence-corrected chi connectivity index (χ2v) is 7.46. The molecule has 114 valence electrons. The van der Waals surface area contributed by atoms with Crippen molar-refractivity contribution in [2.45, 2.75) is 64.8 Å². The fourth-order valence-electron chi connectivity index (χ4n) is 3.48. The molecule has 0 bridgehead atoms. The standard InChI is InChI=1S/C17H31N3/c1-6-13-7-8-14(12-18-17(2,3)4)15(11-13)16-9-10-19-20(16)5/h9-10,13-15,18H,6-8,11-12H2,1-5H3. The van der Waals surface area contributed by atoms with Gasteiger partial charge in [-0.15, -0.1) is 0 Å². The molecule has 1 aromatic rings. The van der Waals surface area contributed by atoms with Gasteiger partial charge in [0.25, 0.3) is 0 Å². The first-order valence-electron chi connectivity index (χ1n) is 8.13. The topological polar surface area (TPSA) is 29.9 Å². The zero-order valence-corrected chi connectivity index (χ0v) is 13.8. The van der Waals surface area contributed by atoms with Crippen molar-refractivity contribution in [3.8, 4) is 0 Å². The summed E-state index contributed by atoms with van der Waals surface area (Å²) in [5.74, 6) is 2.30. The molecule has 3 unspecified atom stereocenters. The van der Waals surface area contributed by atoms with Gasteiger partial charge >= 0.3 is 0 Å². The summed E-state index contributed by atoms with van der Waals surface area (Å²) in [6.07, 6.45) is 7.32. The van der Waals surface area contributed by atoms with E-state index in [0.29, 0.717) is 5.92 Å². The molecule has 20 heavy (non-hydrogen) atoms. The van der Waals surface area contributed by atoms with Crippen molar-refractivity contribution in [1.82, 2.24) is 15.1 Å². The minimum Gasteiger partial charge on any atom is -0.312 e. The van der Waals surface area contributed by atoms with Crippen LogP contribution in [0, 0.1) is 11.8 Å². The van der Waals surface area contributed by atoms with E-state index in [-0.39, 0.29) is 5.54 Å². The third-order valence-corrected chi connectivity index (χ3v) is 4.81. The van der Waals surface area contributed by atoms with E-state index in [1.807, 2.05) is 6.20 Å². The Labute approximate surface area is 124 Å². The average molecular weight is 277 g/mol. The number of hydrogen-bond acceptors (Lipinski definition) is 2. The summed E-state index contributed by atoms with van der Waals surface area (Å²) in [4.78, 5) is 0. The summed E-state index contributed by atoms with van der Waals surface area (Å²) in [6.45, 7) is 10.2. The Morgan fingerprint density at radius 2 is 2.10 bits per heavy atom. The smallest absolute Gasteiger partial charge is 0.0492 e. The number of nitrogens with one attached hydrogen (secondary N) is 1. The highest BCUT2D eigenvalue weighted by molar-refractivity contribution is 5.11. The number of hydrogen-bond donors (Lipinski definition) is 1. The summed E-state index contributed by atoms with van der Waals surface area (Å²) in [5, 5.41) is 8.09. The Bertz CT molecular complexity index is 416. The second-order valence-electron chi connectivity index (χ2n) is 7.46. The first-order valence-corrected chi connectivity index (χ1v) is 8.13. The van der Waals surface area contributed by atoms with Gasteiger partial charge in [-0.25, -0.2) is 0 Å². The summed E-state index contributed by atoms with van der Waals surface area (Å²) in [7, 11) is 2.08. The van der Waals surface area contributed by atoms with Crippen LogP contribution in [-0.4, -0.2) is 21.9 Å². The minimum absolute atomic E-state index is 0.207. The summed E-state index contributed by atoms with van der Waals surface area (Å²) in [5.41, 5.74) is 1.63. The zero-order valence-electron chi connectivity index (χ0n) is 13.8. The minimum atomic E-state index is 0.207. The van der Waals surface area contributed by atoms with E-state index in [2.05, 4.69) is 55.9 Å². The van der Waals surface area contributed by atoms with Gasteiger partial charge in [0.2, 0.25) is 0 Å². The molecule has 1 heterocycles. The van der Waals surface area contributed by atoms with E-state index >= 15 is 0 Å². The van der Waals surface area contributed by atoms with Crippen molar-refractivity contribution in [3.05, 3.63) is 18.0 Å². The third kappa shape index (κ3) is 3.85. The van der Waals surface area contributed by atoms with Gasteiger partial charge in [-0.1, -0.05) is 19.8 Å². The lowest BCUT2D eigenvalue weighted by Gasteiger charge is -2.37. The van der Waals surface area contributed by atoms with Crippen LogP contribution in [0.15, 0.2) is 12.3 Å². The Morgan fingerprint density at radius 3 is 2.65 bits per heavy atom. The van der Waals surface area contributed by atoms with Gasteiger partial charge in [0, 0.05) is 30.4 Å². The lowest BCUT2D eigenvalue weighted by atomic mass is 9.71. The van der Waals surface area contributed by atoms with Gasteiger partial charge in [0.15, 0.2) is 0 Å². The van der Waals surface area contributed by atoms with Gasteiger partial charge in [-0.2, -0.15) is 5.10 Å². The van der Waals surface area contributed by atoms with Gasteiger partial charge in [-0.3, -0.25) is 4.68 Å². The predicted octanol–water partition coefficient (Wildman–Crippen LogP) is 3.72. The molecule has 3 heteroatoms. The van der Waals surface area contributed by atoms with Crippen molar-refractivity contribution in [2.75, 3.05) is 6.54 Å². The van der Waals surface area contributed by atoms with Crippen LogP contribution in [0.2, 0.25) is 0 Å². The zero-order chi connectivity index (χ0) is 14.8. The van der Waals surface area contributed by atoms with E-state index in [1.165, 1.54) is 31.4 Å². The van der Waals surface area contributed by atoms with E-state index in [0.717, 1.165) is 18.4 Å². The molecule has 1 saturated carbocycles. The molecule has 1 fully saturated rings. The first kappa shape index (κ1) is 15.6. The largest absolute Gasteiger partial charge is 0.312 e. The van der Waals surface area contributed by atoms with Gasteiger partial charge in [0.1, 0.15) is 0 Å². The van der Waals surface area contributed by atoms with Crippen molar-refractivity contribution in [3.63, 3.8) is 0 Å². The number of aromatic nitrogens is 2. The normalized spacial score (nSPS) is 27.8. The number of aryl methyl sites for hydroxylation is 1. The summed E-state index contributed by atoms with van der Waals surface area (Å²) < 4.78 is 2.08. The number of nitrogens with zero attached hydrogens (tertiary/aromatic N) is 2. The molecule has 1 N–H and O–H groups in total. The van der Waals surface area contributed by atoms with Crippen molar-refractivity contribution >= 4 is 0 Å². The molecule has 0 aromatic carbocycles. The molecule has 1 aliphatic carbocycles. The molecule has 1 aromatic heterocycles. The van der Waals surface area contributed by atoms with Crippen LogP contribution in [-0.2, 0) is 7.05 Å². The lowest BCUT2D eigenvalue weighted by molar-refractivity contribution is 0.207. The quantitative estimate of drug-likeness (QED) is 0.909. The van der Waals surface area contributed by atoms with E-state index < -0.39 is 0 Å². The second kappa shape index (κ2) is 6.30. The van der Waals surface area contributed by atoms with Crippen LogP contribution in [0.3, 0.4) is 0 Å². The lowest BCUT2D eigenvalue weighted by Crippen LogP contribution is -2.42. The maximum absolute atomic E-state index is 4.38. The van der Waals surface area contributed by atoms with E-state index in [9.17, 15) is 0 Å². The third-order valence-electron chi connectivity index (χ3n) is 4.81. The highest BCUT2D eigenvalue weighted by Gasteiger charge is 2.32. The molecule has 3 atom stereocenters. The molecule has 0 radical (unpaired) electrons. The van der Waals surface area contributed by atoms with Crippen LogP contribution in [0.1, 0.15) is 65.0 Å². The highest BCUT2D eigenvalue weighted by Crippen LogP contribution is 2.41. The predicted molar refractivity (Wildman–Crippen MR) is 84.8 cm³/mol. The van der Waals surface area contributed by atoms with Gasteiger partial charge < -0.3 is 5.32 Å². The molecule has 0 spiro atoms. The first-order chi connectivity index (χ1) is 9.40. The van der Waals surface area contributed by atoms with Crippen molar-refractivity contribution in [1.29, 1.82) is 0 Å². The Hall–Kier alpha value is -0.830. The van der Waals surface area contributed by atoms with Crippen molar-refractivity contribution < 1.29 is 0 Å². The molecular weight excluding hydrogens is 246 g/mol. The Kier molecular flexibility index (Phi) is 4.90. The summed E-state index contributed by atoms with van der Waals surface area (Å²) in [6, 6.07) is 2.22. The van der Waals surface area contributed by atoms with E-state index in [1.54, 1.807) is 0 Å². The highest BCUT2D eigenvalue weighted by atomic mass is 15.3. The van der Waals surface area contributed by atoms with E-state index in [4.69, 9.17) is 0 Å². The molecule has 0 saturated heterocycles. The van der Waals surface area contributed by atoms with Crippen LogP contribution in [0.25, 0.3) is 0 Å². The molecule has 0 amide bonds. The molecule has 1 aliphatic rings. The van der Waals surface area contributed by atoms with Crippen LogP contribution in [0.4, 0.5) is 0 Å². The molecule has 0 aliphatic heterocycles. The summed E-state index contributed by atoms with van der Waals surface area (Å²) >= 11 is 0. The fraction of sp³-hybridized carbons (Fsp3) is 0.824. The van der Waals surface area contributed by atoms with Gasteiger partial charge in [0.05, 0.1) is 0 Å². The SMILES string of the molecule is CCC1CCC(CNC(C)(C)C)C(c2ccnn2C)C1. The van der Waals surface area contributed by atoms with Crippen LogP contribution in [0.5, 0.6) is 0 Å². The number of rotatable bonds is 4. The van der Waals surface area contributed by atoms with Crippen LogP contribution >= 0.6 is 0 Å². The fourth-order valence-corrected chi connectivity index (χ4v) is 3.48. The van der Waals surface area contributed by atoms with Gasteiger partial charge in [-0.05, 0) is 58.1 Å². The maximum Gasteiger partial charge on any atom is 0.0492 e. The maximum atomic E-state index is 4.38. The average Bonchev–Trinajstić information content (AvgIpc) is 2.81. The van der Waals surface area contributed by atoms with Crippen molar-refractivity contribution in [2.24, 2.45) is 18.9 Å². The Morgan fingerprint density at radius 1 is 1.35 bits per heavy atom. The molecule has 3 nitrogen and oxygen atoms in total. The van der Waals surface area contributed by atoms with Crippen LogP contribution < -0.4 is 5.32 Å². The molecule has 2 rings (SSSR count). The monoisotopic (exact) mass is 277 g/mol. The molecular formula is C17H31N3.